The molecule has 0 bridgehead atoms. The van der Waals surface area contributed by atoms with Gasteiger partial charge in [-0.3, -0.25) is 4.79 Å². The van der Waals surface area contributed by atoms with Gasteiger partial charge in [-0.05, 0) is 37.0 Å². The highest BCUT2D eigenvalue weighted by Crippen LogP contribution is 2.29. The molecule has 1 aliphatic rings. The van der Waals surface area contributed by atoms with Gasteiger partial charge in [0.25, 0.3) is 11.4 Å². The molecule has 31 heavy (non-hydrogen) atoms. The van der Waals surface area contributed by atoms with Crippen molar-refractivity contribution in [3.63, 3.8) is 0 Å². The minimum absolute atomic E-state index is 0.0511. The van der Waals surface area contributed by atoms with Crippen LogP contribution in [-0.4, -0.2) is 42.7 Å². The topological polar surface area (TPSA) is 81.2 Å². The van der Waals surface area contributed by atoms with Crippen molar-refractivity contribution in [1.82, 2.24) is 29.6 Å². The number of alkyl halides is 3. The molecular weight excluding hydrogens is 411 g/mol. The molecule has 8 nitrogen and oxygen atoms in total. The highest BCUT2D eigenvalue weighted by atomic mass is 19.4. The molecule has 4 rings (SSSR count). The van der Waals surface area contributed by atoms with Crippen molar-refractivity contribution in [2.75, 3.05) is 18.0 Å². The summed E-state index contributed by atoms with van der Waals surface area (Å²) in [5.74, 6) is -0.439. The summed E-state index contributed by atoms with van der Waals surface area (Å²) in [5, 5.41) is 15.4. The normalized spacial score (nSPS) is 16.3. The first-order valence-corrected chi connectivity index (χ1v) is 10.2. The van der Waals surface area contributed by atoms with Crippen molar-refractivity contribution >= 4 is 11.5 Å². The molecule has 0 radical (unpaired) electrons. The van der Waals surface area contributed by atoms with Crippen LogP contribution in [0.5, 0.6) is 0 Å². The van der Waals surface area contributed by atoms with E-state index < -0.39 is 12.0 Å². The van der Waals surface area contributed by atoms with Crippen molar-refractivity contribution in [2.45, 2.75) is 51.7 Å². The number of nitrogens with zero attached hydrogens (tertiary/aromatic N) is 7. The second-order valence-corrected chi connectivity index (χ2v) is 8.90. The van der Waals surface area contributed by atoms with Crippen LogP contribution in [0, 0.1) is 5.92 Å². The standard InChI is InChI=1S/C20H24F3N7O/c1-19(2,3)14-4-7-17(31)29(26-14)12-13-8-10-28(11-9-13)16-6-5-15-24-25-18(20(21,22)23)30(15)27-16/h4-7,13H,8-12H2,1-3H3. The predicted molar refractivity (Wildman–Crippen MR) is 108 cm³/mol. The molecule has 1 aliphatic heterocycles. The number of piperidine rings is 1. The Bertz CT molecular complexity index is 1140. The van der Waals surface area contributed by atoms with Gasteiger partial charge in [0.05, 0.1) is 5.69 Å². The Morgan fingerprint density at radius 3 is 2.35 bits per heavy atom. The van der Waals surface area contributed by atoms with E-state index in [9.17, 15) is 18.0 Å². The number of hydrogen-bond acceptors (Lipinski definition) is 6. The van der Waals surface area contributed by atoms with Crippen molar-refractivity contribution in [2.24, 2.45) is 5.92 Å². The second kappa shape index (κ2) is 7.61. The van der Waals surface area contributed by atoms with Crippen molar-refractivity contribution in [3.05, 3.63) is 46.1 Å². The Morgan fingerprint density at radius 1 is 1.00 bits per heavy atom. The van der Waals surface area contributed by atoms with Crippen LogP contribution < -0.4 is 10.5 Å². The molecule has 1 fully saturated rings. The number of halogens is 3. The molecule has 0 atom stereocenters. The fourth-order valence-electron chi connectivity index (χ4n) is 3.69. The van der Waals surface area contributed by atoms with Crippen LogP contribution in [0.2, 0.25) is 0 Å². The summed E-state index contributed by atoms with van der Waals surface area (Å²) in [4.78, 5) is 14.2. The van der Waals surface area contributed by atoms with Crippen molar-refractivity contribution in [1.29, 1.82) is 0 Å². The minimum Gasteiger partial charge on any atom is -0.355 e. The first-order chi connectivity index (χ1) is 14.5. The molecule has 166 valence electrons. The Labute approximate surface area is 176 Å². The van der Waals surface area contributed by atoms with E-state index in [-0.39, 0.29) is 22.5 Å². The van der Waals surface area contributed by atoms with Crippen molar-refractivity contribution in [3.8, 4) is 0 Å². The fourth-order valence-corrected chi connectivity index (χ4v) is 3.69. The molecule has 3 aromatic rings. The van der Waals surface area contributed by atoms with E-state index in [1.54, 1.807) is 18.2 Å². The van der Waals surface area contributed by atoms with E-state index in [4.69, 9.17) is 0 Å². The van der Waals surface area contributed by atoms with Gasteiger partial charge in [0.15, 0.2) is 5.65 Å². The quantitative estimate of drug-likeness (QED) is 0.629. The number of rotatable bonds is 3. The third-order valence-electron chi connectivity index (χ3n) is 5.51. The van der Waals surface area contributed by atoms with E-state index in [1.807, 2.05) is 25.7 Å². The predicted octanol–water partition coefficient (Wildman–Crippen LogP) is 2.91. The van der Waals surface area contributed by atoms with Gasteiger partial charge in [-0.2, -0.15) is 22.8 Å². The molecule has 1 saturated heterocycles. The highest BCUT2D eigenvalue weighted by Gasteiger charge is 2.38. The molecule has 0 N–H and O–H groups in total. The lowest BCUT2D eigenvalue weighted by molar-refractivity contribution is -0.146. The van der Waals surface area contributed by atoms with Crippen LogP contribution >= 0.6 is 0 Å². The molecule has 3 aromatic heterocycles. The average Bonchev–Trinajstić information content (AvgIpc) is 3.13. The molecule has 0 amide bonds. The molecule has 0 unspecified atom stereocenters. The van der Waals surface area contributed by atoms with Gasteiger partial charge < -0.3 is 4.90 Å². The van der Waals surface area contributed by atoms with Crippen LogP contribution in [0.15, 0.2) is 29.1 Å². The van der Waals surface area contributed by atoms with Gasteiger partial charge in [0.1, 0.15) is 5.82 Å². The van der Waals surface area contributed by atoms with Crippen LogP contribution in [0.25, 0.3) is 5.65 Å². The van der Waals surface area contributed by atoms with E-state index in [0.717, 1.165) is 23.1 Å². The number of aromatic nitrogens is 6. The summed E-state index contributed by atoms with van der Waals surface area (Å²) in [7, 11) is 0. The molecule has 0 aromatic carbocycles. The van der Waals surface area contributed by atoms with Gasteiger partial charge in [-0.25, -0.2) is 4.68 Å². The third-order valence-corrected chi connectivity index (χ3v) is 5.51. The number of fused-ring (bicyclic) bond motifs is 1. The van der Waals surface area contributed by atoms with Crippen molar-refractivity contribution < 1.29 is 13.2 Å². The molecule has 11 heteroatoms. The first kappa shape index (κ1) is 21.3. The molecule has 0 saturated carbocycles. The SMILES string of the molecule is CC(C)(C)c1ccc(=O)n(CC2CCN(c3ccc4nnc(C(F)(F)F)n4n3)CC2)n1. The van der Waals surface area contributed by atoms with E-state index in [0.29, 0.717) is 25.5 Å². The largest absolute Gasteiger partial charge is 0.453 e. The average molecular weight is 435 g/mol. The molecular formula is C20H24F3N7O. The Morgan fingerprint density at radius 2 is 1.71 bits per heavy atom. The van der Waals surface area contributed by atoms with Gasteiger partial charge in [-0.1, -0.05) is 20.8 Å². The highest BCUT2D eigenvalue weighted by molar-refractivity contribution is 5.46. The Balaban J connectivity index is 1.47. The monoisotopic (exact) mass is 435 g/mol. The third kappa shape index (κ3) is 4.40. The van der Waals surface area contributed by atoms with E-state index in [2.05, 4.69) is 20.4 Å². The zero-order chi connectivity index (χ0) is 22.4. The maximum atomic E-state index is 13.1. The summed E-state index contributed by atoms with van der Waals surface area (Å²) >= 11 is 0. The summed E-state index contributed by atoms with van der Waals surface area (Å²) in [6.45, 7) is 7.92. The molecule has 4 heterocycles. The smallest absolute Gasteiger partial charge is 0.355 e. The molecule has 0 spiro atoms. The lowest BCUT2D eigenvalue weighted by Crippen LogP contribution is -2.38. The number of anilines is 1. The number of hydrogen-bond donors (Lipinski definition) is 0. The lowest BCUT2D eigenvalue weighted by Gasteiger charge is -2.32. The zero-order valence-electron chi connectivity index (χ0n) is 17.6. The lowest BCUT2D eigenvalue weighted by atomic mass is 9.92. The second-order valence-electron chi connectivity index (χ2n) is 8.90. The minimum atomic E-state index is -4.63. The first-order valence-electron chi connectivity index (χ1n) is 10.2. The van der Waals surface area contributed by atoms with Gasteiger partial charge in [0, 0.05) is 31.1 Å². The zero-order valence-corrected chi connectivity index (χ0v) is 17.6. The summed E-state index contributed by atoms with van der Waals surface area (Å²) in [6, 6.07) is 6.46. The van der Waals surface area contributed by atoms with Crippen LogP contribution in [0.3, 0.4) is 0 Å². The maximum absolute atomic E-state index is 13.1. The van der Waals surface area contributed by atoms with E-state index >= 15 is 0 Å². The Kier molecular flexibility index (Phi) is 5.22. The van der Waals surface area contributed by atoms with Gasteiger partial charge in [0.2, 0.25) is 0 Å². The summed E-state index contributed by atoms with van der Waals surface area (Å²) < 4.78 is 41.6. The summed E-state index contributed by atoms with van der Waals surface area (Å²) in [5.41, 5.74) is 0.627. The van der Waals surface area contributed by atoms with Gasteiger partial charge in [-0.15, -0.1) is 15.3 Å². The fraction of sp³-hybridized carbons (Fsp3) is 0.550. The van der Waals surface area contributed by atoms with Gasteiger partial charge >= 0.3 is 6.18 Å². The maximum Gasteiger partial charge on any atom is 0.453 e. The van der Waals surface area contributed by atoms with Crippen LogP contribution in [0.4, 0.5) is 19.0 Å². The van der Waals surface area contributed by atoms with E-state index in [1.165, 1.54) is 10.7 Å². The molecule has 0 aliphatic carbocycles. The Hall–Kier alpha value is -2.98. The van der Waals surface area contributed by atoms with Crippen LogP contribution in [0.1, 0.15) is 45.1 Å². The summed E-state index contributed by atoms with van der Waals surface area (Å²) in [6.07, 6.45) is -3.07. The van der Waals surface area contributed by atoms with Crippen LogP contribution in [-0.2, 0) is 18.1 Å².